The zero-order chi connectivity index (χ0) is 10.6. The zero-order valence-electron chi connectivity index (χ0n) is 8.46. The smallest absolute Gasteiger partial charge is 0.137 e. The van der Waals surface area contributed by atoms with Crippen LogP contribution >= 0.6 is 11.6 Å². The lowest BCUT2D eigenvalue weighted by Crippen LogP contribution is -1.97. The Kier molecular flexibility index (Phi) is 4.23. The van der Waals surface area contributed by atoms with Gasteiger partial charge < -0.3 is 9.84 Å². The van der Waals surface area contributed by atoms with Gasteiger partial charge in [-0.1, -0.05) is 24.6 Å². The molecule has 1 unspecified atom stereocenters. The Labute approximate surface area is 89.5 Å². The molecule has 0 amide bonds. The molecular formula is C11H15ClO2. The van der Waals surface area contributed by atoms with E-state index in [2.05, 4.69) is 6.92 Å². The lowest BCUT2D eigenvalue weighted by Gasteiger charge is -2.11. The lowest BCUT2D eigenvalue weighted by molar-refractivity contribution is 0.278. The maximum absolute atomic E-state index is 8.81. The van der Waals surface area contributed by atoms with Crippen molar-refractivity contribution in [2.75, 3.05) is 13.7 Å². The molecule has 1 N–H and O–H groups in total. The van der Waals surface area contributed by atoms with E-state index in [4.69, 9.17) is 21.4 Å². The molecule has 3 heteroatoms. The highest BCUT2D eigenvalue weighted by atomic mass is 35.5. The van der Waals surface area contributed by atoms with Crippen LogP contribution in [0.25, 0.3) is 0 Å². The second kappa shape index (κ2) is 5.23. The number of halogens is 1. The van der Waals surface area contributed by atoms with Gasteiger partial charge in [-0.3, -0.25) is 0 Å². The van der Waals surface area contributed by atoms with E-state index >= 15 is 0 Å². The predicted octanol–water partition coefficient (Wildman–Crippen LogP) is 2.83. The number of hydrogen-bond acceptors (Lipinski definition) is 2. The molecular weight excluding hydrogens is 200 g/mol. The van der Waals surface area contributed by atoms with Crippen LogP contribution in [0.4, 0.5) is 0 Å². The average molecular weight is 215 g/mol. The second-order valence-corrected chi connectivity index (χ2v) is 3.71. The number of methoxy groups -OCH3 is 1. The highest BCUT2D eigenvalue weighted by Crippen LogP contribution is 2.29. The molecule has 0 aliphatic carbocycles. The maximum Gasteiger partial charge on any atom is 0.137 e. The molecule has 0 aliphatic heterocycles. The van der Waals surface area contributed by atoms with E-state index in [0.717, 1.165) is 12.0 Å². The molecule has 1 atom stereocenters. The predicted molar refractivity (Wildman–Crippen MR) is 58.1 cm³/mol. The van der Waals surface area contributed by atoms with Crippen LogP contribution in [-0.4, -0.2) is 18.8 Å². The van der Waals surface area contributed by atoms with Gasteiger partial charge in [0, 0.05) is 6.61 Å². The van der Waals surface area contributed by atoms with Crippen LogP contribution in [0.5, 0.6) is 5.75 Å². The summed E-state index contributed by atoms with van der Waals surface area (Å²) in [6.45, 7) is 2.26. The first-order valence-electron chi connectivity index (χ1n) is 4.63. The van der Waals surface area contributed by atoms with E-state index in [-0.39, 0.29) is 6.61 Å². The van der Waals surface area contributed by atoms with Gasteiger partial charge in [0.1, 0.15) is 5.75 Å². The van der Waals surface area contributed by atoms with Crippen molar-refractivity contribution in [2.24, 2.45) is 0 Å². The third-order valence-electron chi connectivity index (χ3n) is 2.31. The first-order chi connectivity index (χ1) is 6.69. The van der Waals surface area contributed by atoms with Crippen LogP contribution < -0.4 is 4.74 Å². The molecule has 0 bridgehead atoms. The van der Waals surface area contributed by atoms with Gasteiger partial charge in [0.2, 0.25) is 0 Å². The van der Waals surface area contributed by atoms with Crippen molar-refractivity contribution >= 4 is 11.6 Å². The van der Waals surface area contributed by atoms with Crippen LogP contribution in [0.2, 0.25) is 5.02 Å². The Balaban J connectivity index is 2.85. The summed E-state index contributed by atoms with van der Waals surface area (Å²) in [7, 11) is 1.60. The normalized spacial score (nSPS) is 12.6. The molecule has 78 valence electrons. The summed E-state index contributed by atoms with van der Waals surface area (Å²) in [6.07, 6.45) is 0.753. The molecule has 0 saturated heterocycles. The second-order valence-electron chi connectivity index (χ2n) is 3.31. The Morgan fingerprint density at radius 3 is 2.71 bits per heavy atom. The fourth-order valence-electron chi connectivity index (χ4n) is 1.35. The summed E-state index contributed by atoms with van der Waals surface area (Å²) in [6, 6.07) is 5.72. The fraction of sp³-hybridized carbons (Fsp3) is 0.455. The van der Waals surface area contributed by atoms with Gasteiger partial charge in [0.15, 0.2) is 0 Å². The van der Waals surface area contributed by atoms with Crippen LogP contribution in [0.3, 0.4) is 0 Å². The Morgan fingerprint density at radius 2 is 2.21 bits per heavy atom. The van der Waals surface area contributed by atoms with Crippen LogP contribution in [0.15, 0.2) is 18.2 Å². The van der Waals surface area contributed by atoms with Gasteiger partial charge in [-0.2, -0.15) is 0 Å². The standard InChI is InChI=1S/C11H15ClO2/c1-8(5-6-13)9-3-4-11(14-2)10(12)7-9/h3-4,7-8,13H,5-6H2,1-2H3. The van der Waals surface area contributed by atoms with Gasteiger partial charge in [0.05, 0.1) is 12.1 Å². The van der Waals surface area contributed by atoms with Crippen molar-refractivity contribution in [1.29, 1.82) is 0 Å². The van der Waals surface area contributed by atoms with Crippen molar-refractivity contribution < 1.29 is 9.84 Å². The molecule has 2 nitrogen and oxygen atoms in total. The summed E-state index contributed by atoms with van der Waals surface area (Å²) >= 11 is 5.99. The van der Waals surface area contributed by atoms with Crippen LogP contribution in [0, 0.1) is 0 Å². The fourth-order valence-corrected chi connectivity index (χ4v) is 1.62. The first-order valence-corrected chi connectivity index (χ1v) is 5.01. The number of aliphatic hydroxyl groups excluding tert-OH is 1. The summed E-state index contributed by atoms with van der Waals surface area (Å²) < 4.78 is 5.06. The maximum atomic E-state index is 8.81. The summed E-state index contributed by atoms with van der Waals surface area (Å²) in [5.41, 5.74) is 1.13. The van der Waals surface area contributed by atoms with Gasteiger partial charge >= 0.3 is 0 Å². The van der Waals surface area contributed by atoms with E-state index < -0.39 is 0 Å². The molecule has 1 rings (SSSR count). The molecule has 1 aromatic rings. The SMILES string of the molecule is COc1ccc(C(C)CCO)cc1Cl. The van der Waals surface area contributed by atoms with E-state index in [9.17, 15) is 0 Å². The average Bonchev–Trinajstić information content (AvgIpc) is 2.18. The minimum atomic E-state index is 0.199. The molecule has 0 radical (unpaired) electrons. The molecule has 0 spiro atoms. The summed E-state index contributed by atoms with van der Waals surface area (Å²) in [4.78, 5) is 0. The summed E-state index contributed by atoms with van der Waals surface area (Å²) in [5, 5.41) is 9.43. The van der Waals surface area contributed by atoms with E-state index in [1.54, 1.807) is 7.11 Å². The van der Waals surface area contributed by atoms with Crippen molar-refractivity contribution in [3.05, 3.63) is 28.8 Å². The number of ether oxygens (including phenoxy) is 1. The van der Waals surface area contributed by atoms with Crippen LogP contribution in [-0.2, 0) is 0 Å². The molecule has 0 saturated carbocycles. The minimum Gasteiger partial charge on any atom is -0.495 e. The van der Waals surface area contributed by atoms with Crippen molar-refractivity contribution in [3.8, 4) is 5.75 Å². The molecule has 0 aromatic heterocycles. The molecule has 1 aromatic carbocycles. The molecule has 0 heterocycles. The lowest BCUT2D eigenvalue weighted by atomic mass is 9.98. The third-order valence-corrected chi connectivity index (χ3v) is 2.60. The first kappa shape index (κ1) is 11.3. The Bertz CT molecular complexity index is 299. The highest BCUT2D eigenvalue weighted by Gasteiger charge is 2.07. The van der Waals surface area contributed by atoms with Gasteiger partial charge in [0.25, 0.3) is 0 Å². The number of hydrogen-bond donors (Lipinski definition) is 1. The highest BCUT2D eigenvalue weighted by molar-refractivity contribution is 6.32. The number of rotatable bonds is 4. The van der Waals surface area contributed by atoms with Crippen molar-refractivity contribution in [3.63, 3.8) is 0 Å². The van der Waals surface area contributed by atoms with Crippen molar-refractivity contribution in [2.45, 2.75) is 19.3 Å². The van der Waals surface area contributed by atoms with Gasteiger partial charge in [-0.05, 0) is 30.0 Å². The molecule has 0 aliphatic rings. The Morgan fingerprint density at radius 1 is 1.50 bits per heavy atom. The third kappa shape index (κ3) is 2.63. The number of aliphatic hydroxyl groups is 1. The van der Waals surface area contributed by atoms with Gasteiger partial charge in [-0.15, -0.1) is 0 Å². The minimum absolute atomic E-state index is 0.199. The summed E-state index contributed by atoms with van der Waals surface area (Å²) in [5.74, 6) is 1.01. The quantitative estimate of drug-likeness (QED) is 0.835. The molecule has 0 fully saturated rings. The van der Waals surface area contributed by atoms with Crippen LogP contribution in [0.1, 0.15) is 24.8 Å². The molecule has 14 heavy (non-hydrogen) atoms. The van der Waals surface area contributed by atoms with Crippen molar-refractivity contribution in [1.82, 2.24) is 0 Å². The monoisotopic (exact) mass is 214 g/mol. The van der Waals surface area contributed by atoms with E-state index in [1.165, 1.54) is 0 Å². The topological polar surface area (TPSA) is 29.5 Å². The number of benzene rings is 1. The van der Waals surface area contributed by atoms with Gasteiger partial charge in [-0.25, -0.2) is 0 Å². The van der Waals surface area contributed by atoms with E-state index in [0.29, 0.717) is 16.7 Å². The zero-order valence-corrected chi connectivity index (χ0v) is 9.21. The largest absolute Gasteiger partial charge is 0.495 e. The van der Waals surface area contributed by atoms with E-state index in [1.807, 2.05) is 18.2 Å². The Hall–Kier alpha value is -0.730.